The van der Waals surface area contributed by atoms with Crippen molar-refractivity contribution < 1.29 is 63.4 Å². The van der Waals surface area contributed by atoms with Crippen molar-refractivity contribution in [1.82, 2.24) is 15.2 Å². The Labute approximate surface area is 211 Å². The maximum Gasteiger partial charge on any atom is 1.00 e. The molecule has 164 valence electrons. The van der Waals surface area contributed by atoms with Gasteiger partial charge in [-0.15, -0.1) is 23.1 Å². The number of nitrogens with two attached hydrogens (primary N) is 1. The van der Waals surface area contributed by atoms with Crippen molar-refractivity contribution in [2.75, 3.05) is 25.2 Å². The first-order valence-corrected chi connectivity index (χ1v) is 11.0. The maximum atomic E-state index is 12.8. The molecule has 0 bridgehead atoms. The number of β-lactam (4-membered cyclic amide) rings is 1. The first kappa shape index (κ1) is 24.5. The number of rotatable bonds is 6. The van der Waals surface area contributed by atoms with Gasteiger partial charge >= 0.3 is 35.5 Å². The van der Waals surface area contributed by atoms with Gasteiger partial charge in [-0.25, -0.2) is 4.98 Å². The Morgan fingerprint density at radius 1 is 1.44 bits per heavy atom. The Morgan fingerprint density at radius 2 is 2.19 bits per heavy atom. The Kier molecular flexibility index (Phi) is 7.50. The van der Waals surface area contributed by atoms with E-state index in [1.807, 2.05) is 0 Å². The van der Waals surface area contributed by atoms with Crippen LogP contribution in [0.1, 0.15) is 12.1 Å². The number of carboxylic acids is 1. The second-order valence-electron chi connectivity index (χ2n) is 6.72. The normalized spacial score (nSPS) is 24.8. The minimum absolute atomic E-state index is 0. The van der Waals surface area contributed by atoms with Gasteiger partial charge in [0.25, 0.3) is 11.8 Å². The first-order chi connectivity index (χ1) is 14.8. The Morgan fingerprint density at radius 3 is 2.75 bits per heavy atom. The number of nitrogen functional groups attached to an aromatic ring is 1. The van der Waals surface area contributed by atoms with E-state index in [0.29, 0.717) is 12.0 Å². The SMILES string of the molecule is CO/N=C(\C(=O)N[C@@H]1C(=O)N2C(C(=O)[O-])=C(C3CCOC3=O)CS[C@H]12)c1csc(N)n1.[Na+]. The molecule has 32 heavy (non-hydrogen) atoms. The van der Waals surface area contributed by atoms with E-state index in [1.165, 1.54) is 24.3 Å². The van der Waals surface area contributed by atoms with Crippen LogP contribution < -0.4 is 45.7 Å². The molecular formula is C17H16N5NaO7S2. The van der Waals surface area contributed by atoms with Crippen LogP contribution in [0.25, 0.3) is 0 Å². The second-order valence-corrected chi connectivity index (χ2v) is 8.72. The number of oxime groups is 1. The number of nitrogens with zero attached hydrogens (tertiary/aromatic N) is 3. The molecule has 0 spiro atoms. The molecule has 1 aromatic heterocycles. The molecule has 1 unspecified atom stereocenters. The molecular weight excluding hydrogens is 473 g/mol. The zero-order valence-electron chi connectivity index (χ0n) is 17.0. The average molecular weight is 489 g/mol. The smallest absolute Gasteiger partial charge is 0.543 e. The number of cyclic esters (lactones) is 1. The minimum atomic E-state index is -1.56. The number of hydrogen-bond acceptors (Lipinski definition) is 12. The van der Waals surface area contributed by atoms with Crippen molar-refractivity contribution in [3.63, 3.8) is 0 Å². The number of carbonyl (C=O) groups excluding carboxylic acids is 4. The number of esters is 1. The largest absolute Gasteiger partial charge is 1.00 e. The van der Waals surface area contributed by atoms with E-state index in [4.69, 9.17) is 15.3 Å². The molecule has 3 N–H and O–H groups in total. The van der Waals surface area contributed by atoms with E-state index in [0.717, 1.165) is 16.2 Å². The van der Waals surface area contributed by atoms with Crippen molar-refractivity contribution in [1.29, 1.82) is 0 Å². The van der Waals surface area contributed by atoms with Crippen LogP contribution >= 0.6 is 23.1 Å². The quantitative estimate of drug-likeness (QED) is 0.129. The van der Waals surface area contributed by atoms with Gasteiger partial charge in [-0.3, -0.25) is 19.3 Å². The van der Waals surface area contributed by atoms with Gasteiger partial charge in [0.15, 0.2) is 10.8 Å². The fourth-order valence-electron chi connectivity index (χ4n) is 3.61. The molecule has 1 aromatic rings. The van der Waals surface area contributed by atoms with E-state index in [-0.39, 0.29) is 64.2 Å². The number of nitrogens with one attached hydrogen (secondary N) is 1. The van der Waals surface area contributed by atoms with Crippen LogP contribution in [0.2, 0.25) is 0 Å². The van der Waals surface area contributed by atoms with Crippen LogP contribution in [-0.2, 0) is 28.8 Å². The summed E-state index contributed by atoms with van der Waals surface area (Å²) < 4.78 is 4.93. The maximum absolute atomic E-state index is 12.8. The molecule has 4 heterocycles. The zero-order valence-corrected chi connectivity index (χ0v) is 20.7. The summed E-state index contributed by atoms with van der Waals surface area (Å²) in [5, 5.41) is 19.1. The predicted octanol–water partition coefficient (Wildman–Crippen LogP) is -4.95. The summed E-state index contributed by atoms with van der Waals surface area (Å²) in [6, 6.07) is -0.998. The molecule has 15 heteroatoms. The van der Waals surface area contributed by atoms with Crippen LogP contribution in [0.5, 0.6) is 0 Å². The number of thiazole rings is 1. The van der Waals surface area contributed by atoms with Crippen LogP contribution in [0.3, 0.4) is 0 Å². The third kappa shape index (κ3) is 4.24. The van der Waals surface area contributed by atoms with Gasteiger partial charge in [0.1, 0.15) is 24.2 Å². The summed E-state index contributed by atoms with van der Waals surface area (Å²) in [5.41, 5.74) is 5.56. The number of aliphatic carboxylic acids is 1. The Bertz CT molecular complexity index is 1040. The van der Waals surface area contributed by atoms with Gasteiger partial charge < -0.3 is 30.5 Å². The number of fused-ring (bicyclic) bond motifs is 1. The first-order valence-electron chi connectivity index (χ1n) is 9.02. The minimum Gasteiger partial charge on any atom is -0.543 e. The molecule has 0 aliphatic carbocycles. The molecule has 3 atom stereocenters. The average Bonchev–Trinajstić information content (AvgIpc) is 3.36. The summed E-state index contributed by atoms with van der Waals surface area (Å²) in [5.74, 6) is -3.98. The van der Waals surface area contributed by atoms with E-state index in [2.05, 4.69) is 15.5 Å². The number of amides is 2. The molecule has 2 amide bonds. The molecule has 2 saturated heterocycles. The topological polar surface area (TPSA) is 176 Å². The molecule has 3 aliphatic heterocycles. The number of hydrogen-bond donors (Lipinski definition) is 2. The number of carboxylic acid groups (broad SMARTS) is 1. The molecule has 3 aliphatic rings. The standard InChI is InChI=1S/C17H17N5O7S2.Na/c1-28-21-9(8-5-31-17(18)19-8)12(23)20-10-13(24)22-11(15(25)26)7(4-30-14(10)22)6-2-3-29-16(6)27;/h5-6,10,14H,2-4H2,1H3,(H2,18,19)(H,20,23)(H,25,26);/q;+1/p-1/b21-9-;/t6?,10-,14-;/m1./s1. The molecule has 0 radical (unpaired) electrons. The Balaban J connectivity index is 0.00000289. The summed E-state index contributed by atoms with van der Waals surface area (Å²) in [7, 11) is 1.25. The summed E-state index contributed by atoms with van der Waals surface area (Å²) in [6.07, 6.45) is 0.339. The van der Waals surface area contributed by atoms with Gasteiger partial charge in [0.2, 0.25) is 0 Å². The molecule has 4 rings (SSSR count). The van der Waals surface area contributed by atoms with E-state index in [9.17, 15) is 24.3 Å². The van der Waals surface area contributed by atoms with Crippen molar-refractivity contribution >= 4 is 57.7 Å². The summed E-state index contributed by atoms with van der Waals surface area (Å²) >= 11 is 2.34. The third-order valence-electron chi connectivity index (χ3n) is 5.00. The number of thioether (sulfide) groups is 1. The number of anilines is 1. The second kappa shape index (κ2) is 9.79. The van der Waals surface area contributed by atoms with Gasteiger partial charge in [0.05, 0.1) is 24.2 Å². The van der Waals surface area contributed by atoms with Crippen molar-refractivity contribution in [3.8, 4) is 0 Å². The van der Waals surface area contributed by atoms with Gasteiger partial charge in [-0.05, 0) is 12.0 Å². The molecule has 12 nitrogen and oxygen atoms in total. The van der Waals surface area contributed by atoms with Gasteiger partial charge in [-0.2, -0.15) is 0 Å². The van der Waals surface area contributed by atoms with E-state index >= 15 is 0 Å². The van der Waals surface area contributed by atoms with Crippen LogP contribution in [0, 0.1) is 5.92 Å². The summed E-state index contributed by atoms with van der Waals surface area (Å²) in [6.45, 7) is 0.191. The van der Waals surface area contributed by atoms with Crippen molar-refractivity contribution in [3.05, 3.63) is 22.3 Å². The van der Waals surface area contributed by atoms with Gasteiger partial charge in [-0.1, -0.05) is 5.16 Å². The van der Waals surface area contributed by atoms with E-state index < -0.39 is 41.1 Å². The van der Waals surface area contributed by atoms with Crippen molar-refractivity contribution in [2.24, 2.45) is 11.1 Å². The predicted molar refractivity (Wildman–Crippen MR) is 106 cm³/mol. The summed E-state index contributed by atoms with van der Waals surface area (Å²) in [4.78, 5) is 58.9. The monoisotopic (exact) mass is 489 g/mol. The van der Waals surface area contributed by atoms with Crippen LogP contribution in [0.15, 0.2) is 21.8 Å². The van der Waals surface area contributed by atoms with Gasteiger partial charge in [0, 0.05) is 11.1 Å². The van der Waals surface area contributed by atoms with Crippen LogP contribution in [0.4, 0.5) is 5.13 Å². The number of ether oxygens (including phenoxy) is 1. The number of aromatic nitrogens is 1. The third-order valence-corrected chi connectivity index (χ3v) is 6.97. The van der Waals surface area contributed by atoms with Crippen LogP contribution in [-0.4, -0.2) is 70.2 Å². The fraction of sp³-hybridized carbons (Fsp3) is 0.412. The van der Waals surface area contributed by atoms with Crippen molar-refractivity contribution in [2.45, 2.75) is 17.8 Å². The van der Waals surface area contributed by atoms with E-state index in [1.54, 1.807) is 0 Å². The number of carbonyl (C=O) groups is 4. The molecule has 0 aromatic carbocycles. The fourth-order valence-corrected chi connectivity index (χ4v) is 5.58. The Hall–Kier alpha value is -2.13. The zero-order chi connectivity index (χ0) is 22.3. The molecule has 2 fully saturated rings. The molecule has 0 saturated carbocycles.